The molecule has 0 atom stereocenters. The van der Waals surface area contributed by atoms with Crippen LogP contribution in [0.5, 0.6) is 5.75 Å². The van der Waals surface area contributed by atoms with E-state index in [1.54, 1.807) is 13.2 Å². The largest absolute Gasteiger partial charge is 0.494 e. The third kappa shape index (κ3) is 4.21. The molecule has 1 saturated heterocycles. The van der Waals surface area contributed by atoms with Gasteiger partial charge in [-0.25, -0.2) is 0 Å². The highest BCUT2D eigenvalue weighted by Gasteiger charge is 2.21. The summed E-state index contributed by atoms with van der Waals surface area (Å²) in [6.07, 6.45) is 2.16. The Labute approximate surface area is 131 Å². The van der Waals surface area contributed by atoms with Gasteiger partial charge in [-0.05, 0) is 30.2 Å². The van der Waals surface area contributed by atoms with E-state index in [-0.39, 0.29) is 0 Å². The number of nitrogens with zero attached hydrogens (tertiary/aromatic N) is 2. The van der Waals surface area contributed by atoms with Crippen LogP contribution in [-0.4, -0.2) is 39.5 Å². The van der Waals surface area contributed by atoms with E-state index < -0.39 is 0 Å². The number of ether oxygens (including phenoxy) is 1. The molecule has 0 radical (unpaired) electrons. The molecule has 0 unspecified atom stereocenters. The van der Waals surface area contributed by atoms with E-state index in [4.69, 9.17) is 9.84 Å². The Balaban J connectivity index is 0.00000116. The number of allylic oxidation sites excluding steroid dienone is 1. The predicted octanol–water partition coefficient (Wildman–Crippen LogP) is 2.65. The quantitative estimate of drug-likeness (QED) is 0.818. The van der Waals surface area contributed by atoms with E-state index in [0.29, 0.717) is 17.4 Å². The second-order valence-electron chi connectivity index (χ2n) is 4.98. The highest BCUT2D eigenvalue weighted by Crippen LogP contribution is 2.33. The molecular formula is C16H25N3O3. The van der Waals surface area contributed by atoms with E-state index in [9.17, 15) is 4.91 Å². The van der Waals surface area contributed by atoms with Gasteiger partial charge in [-0.2, -0.15) is 0 Å². The number of benzene rings is 1. The number of piperidine rings is 1. The van der Waals surface area contributed by atoms with Gasteiger partial charge in [0.05, 0.1) is 7.11 Å². The second kappa shape index (κ2) is 9.04. The average molecular weight is 307 g/mol. The topological polar surface area (TPSA) is 74.2 Å². The number of hydrogen-bond acceptors (Lipinski definition) is 6. The summed E-state index contributed by atoms with van der Waals surface area (Å²) in [6, 6.07) is 5.51. The van der Waals surface area contributed by atoms with Crippen molar-refractivity contribution in [2.75, 3.05) is 39.3 Å². The Bertz CT molecular complexity index is 497. The first-order chi connectivity index (χ1) is 10.7. The highest BCUT2D eigenvalue weighted by molar-refractivity contribution is 5.62. The van der Waals surface area contributed by atoms with Gasteiger partial charge in [-0.1, -0.05) is 6.58 Å². The first-order valence-corrected chi connectivity index (χ1v) is 7.27. The number of methoxy groups -OCH3 is 1. The molecule has 122 valence electrons. The summed E-state index contributed by atoms with van der Waals surface area (Å²) in [5, 5.41) is 13.1. The Kier molecular flexibility index (Phi) is 7.39. The standard InChI is InChI=1S/C15H21N3O2.CH4O/c1-11(16-2)12-6-8-18(9-7-12)13-4-5-14(17-19)15(10-13)20-3;1-2/h4-5,10,12,16H,1,6-9H2,2-3H3;2H,1H3. The Morgan fingerprint density at radius 2 is 2.05 bits per heavy atom. The second-order valence-corrected chi connectivity index (χ2v) is 4.98. The molecule has 2 rings (SSSR count). The van der Waals surface area contributed by atoms with Crippen LogP contribution in [0, 0.1) is 10.8 Å². The maximum atomic E-state index is 10.7. The van der Waals surface area contributed by atoms with E-state index in [1.807, 2.05) is 19.2 Å². The van der Waals surface area contributed by atoms with Gasteiger partial charge in [0, 0.05) is 50.6 Å². The average Bonchev–Trinajstić information content (AvgIpc) is 2.62. The molecule has 6 heteroatoms. The lowest BCUT2D eigenvalue weighted by atomic mass is 9.93. The molecule has 0 bridgehead atoms. The van der Waals surface area contributed by atoms with Crippen molar-refractivity contribution in [3.05, 3.63) is 35.4 Å². The summed E-state index contributed by atoms with van der Waals surface area (Å²) >= 11 is 0. The zero-order valence-electron chi connectivity index (χ0n) is 13.5. The number of rotatable bonds is 5. The van der Waals surface area contributed by atoms with Crippen LogP contribution in [0.15, 0.2) is 35.7 Å². The van der Waals surface area contributed by atoms with Crippen molar-refractivity contribution in [1.29, 1.82) is 0 Å². The predicted molar refractivity (Wildman–Crippen MR) is 89.7 cm³/mol. The molecule has 6 nitrogen and oxygen atoms in total. The van der Waals surface area contributed by atoms with Crippen LogP contribution < -0.4 is 15.0 Å². The van der Waals surface area contributed by atoms with Crippen molar-refractivity contribution < 1.29 is 9.84 Å². The zero-order valence-corrected chi connectivity index (χ0v) is 13.5. The molecule has 1 aliphatic heterocycles. The molecule has 1 heterocycles. The molecule has 22 heavy (non-hydrogen) atoms. The van der Waals surface area contributed by atoms with E-state index in [1.165, 1.54) is 0 Å². The van der Waals surface area contributed by atoms with Gasteiger partial charge in [0.1, 0.15) is 11.4 Å². The van der Waals surface area contributed by atoms with Crippen molar-refractivity contribution in [3.8, 4) is 5.75 Å². The number of hydrogen-bond donors (Lipinski definition) is 2. The smallest absolute Gasteiger partial charge is 0.150 e. The molecular weight excluding hydrogens is 282 g/mol. The number of nitroso groups, excluding NO2 is 1. The number of nitrogens with one attached hydrogen (secondary N) is 1. The highest BCUT2D eigenvalue weighted by atomic mass is 16.5. The Morgan fingerprint density at radius 3 is 2.55 bits per heavy atom. The lowest BCUT2D eigenvalue weighted by Gasteiger charge is -2.34. The lowest BCUT2D eigenvalue weighted by Crippen LogP contribution is -2.35. The molecule has 1 aromatic carbocycles. The Morgan fingerprint density at radius 1 is 1.41 bits per heavy atom. The van der Waals surface area contributed by atoms with Crippen LogP contribution in [-0.2, 0) is 0 Å². The van der Waals surface area contributed by atoms with Gasteiger partial charge in [0.15, 0.2) is 0 Å². The maximum Gasteiger partial charge on any atom is 0.150 e. The SMILES string of the molecule is C=C(NC)C1CCN(c2ccc(N=O)c(OC)c2)CC1.CO. The summed E-state index contributed by atoms with van der Waals surface area (Å²) in [4.78, 5) is 13.0. The Hall–Kier alpha value is -2.08. The van der Waals surface area contributed by atoms with Crippen LogP contribution in [0.25, 0.3) is 0 Å². The normalized spacial score (nSPS) is 14.6. The minimum atomic E-state index is 0.342. The minimum Gasteiger partial charge on any atom is -0.494 e. The number of aliphatic hydroxyl groups is 1. The zero-order chi connectivity index (χ0) is 16.5. The molecule has 0 aliphatic carbocycles. The molecule has 1 aromatic rings. The van der Waals surface area contributed by atoms with Crippen molar-refractivity contribution >= 4 is 11.4 Å². The van der Waals surface area contributed by atoms with Gasteiger partial charge in [-0.3, -0.25) is 0 Å². The van der Waals surface area contributed by atoms with Crippen molar-refractivity contribution in [2.45, 2.75) is 12.8 Å². The molecule has 0 amide bonds. The summed E-state index contributed by atoms with van der Waals surface area (Å²) < 4.78 is 5.20. The fourth-order valence-electron chi connectivity index (χ4n) is 2.63. The van der Waals surface area contributed by atoms with Crippen LogP contribution in [0.4, 0.5) is 11.4 Å². The molecule has 0 spiro atoms. The number of aliphatic hydroxyl groups excluding tert-OH is 1. The van der Waals surface area contributed by atoms with Crippen molar-refractivity contribution in [3.63, 3.8) is 0 Å². The molecule has 0 aromatic heterocycles. The fraction of sp³-hybridized carbons (Fsp3) is 0.500. The fourth-order valence-corrected chi connectivity index (χ4v) is 2.63. The monoisotopic (exact) mass is 307 g/mol. The maximum absolute atomic E-state index is 10.7. The van der Waals surface area contributed by atoms with Gasteiger partial charge < -0.3 is 20.1 Å². The summed E-state index contributed by atoms with van der Waals surface area (Å²) in [6.45, 7) is 6.00. The molecule has 1 fully saturated rings. The first kappa shape index (κ1) is 18.0. The number of anilines is 1. The third-order valence-corrected chi connectivity index (χ3v) is 3.94. The van der Waals surface area contributed by atoms with E-state index in [0.717, 1.165) is 44.4 Å². The molecule has 0 saturated carbocycles. The molecule has 2 N–H and O–H groups in total. The van der Waals surface area contributed by atoms with Gasteiger partial charge >= 0.3 is 0 Å². The van der Waals surface area contributed by atoms with Crippen molar-refractivity contribution in [1.82, 2.24) is 5.32 Å². The van der Waals surface area contributed by atoms with Crippen LogP contribution in [0.3, 0.4) is 0 Å². The van der Waals surface area contributed by atoms with Crippen LogP contribution in [0.1, 0.15) is 12.8 Å². The van der Waals surface area contributed by atoms with Gasteiger partial charge in [0.25, 0.3) is 0 Å². The van der Waals surface area contributed by atoms with E-state index in [2.05, 4.69) is 22.0 Å². The van der Waals surface area contributed by atoms with Gasteiger partial charge in [-0.15, -0.1) is 4.91 Å². The first-order valence-electron chi connectivity index (χ1n) is 7.27. The van der Waals surface area contributed by atoms with E-state index >= 15 is 0 Å². The summed E-state index contributed by atoms with van der Waals surface area (Å²) in [7, 11) is 4.47. The minimum absolute atomic E-state index is 0.342. The third-order valence-electron chi connectivity index (χ3n) is 3.94. The summed E-state index contributed by atoms with van der Waals surface area (Å²) in [5.41, 5.74) is 2.53. The summed E-state index contributed by atoms with van der Waals surface area (Å²) in [5.74, 6) is 1.06. The van der Waals surface area contributed by atoms with Gasteiger partial charge in [0.2, 0.25) is 0 Å². The van der Waals surface area contributed by atoms with Crippen molar-refractivity contribution in [2.24, 2.45) is 11.1 Å². The van der Waals surface area contributed by atoms with Crippen LogP contribution >= 0.6 is 0 Å². The molecule has 1 aliphatic rings. The lowest BCUT2D eigenvalue weighted by molar-refractivity contribution is 0.399. The van der Waals surface area contributed by atoms with Crippen LogP contribution in [0.2, 0.25) is 0 Å².